The summed E-state index contributed by atoms with van der Waals surface area (Å²) in [5.74, 6) is 0.707. The first-order valence-corrected chi connectivity index (χ1v) is 19.3. The Hall–Kier alpha value is -7.69. The van der Waals surface area contributed by atoms with E-state index in [2.05, 4.69) is 174 Å². The van der Waals surface area contributed by atoms with E-state index in [4.69, 9.17) is 15.0 Å². The van der Waals surface area contributed by atoms with Gasteiger partial charge in [0.2, 0.25) is 0 Å². The first kappa shape index (κ1) is 32.7. The first-order valence-electron chi connectivity index (χ1n) is 19.3. The van der Waals surface area contributed by atoms with Gasteiger partial charge < -0.3 is 4.57 Å². The molecule has 57 heavy (non-hydrogen) atoms. The van der Waals surface area contributed by atoms with Crippen molar-refractivity contribution in [2.75, 3.05) is 0 Å². The van der Waals surface area contributed by atoms with Gasteiger partial charge in [0.15, 0.2) is 5.82 Å². The molecule has 0 aliphatic rings. The first-order chi connectivity index (χ1) is 28.3. The van der Waals surface area contributed by atoms with Crippen LogP contribution in [0.4, 0.5) is 0 Å². The summed E-state index contributed by atoms with van der Waals surface area (Å²) in [7, 11) is 0. The fourth-order valence-electron chi connectivity index (χ4n) is 8.31. The van der Waals surface area contributed by atoms with Gasteiger partial charge in [-0.25, -0.2) is 15.0 Å². The molecular formula is C53H34N4. The van der Waals surface area contributed by atoms with Crippen molar-refractivity contribution >= 4 is 43.5 Å². The Labute approximate surface area is 330 Å². The van der Waals surface area contributed by atoms with Crippen molar-refractivity contribution in [3.05, 3.63) is 206 Å². The fraction of sp³-hybridized carbons (Fsp3) is 0. The molecule has 8 aromatic carbocycles. The average Bonchev–Trinajstić information content (AvgIpc) is 3.64. The van der Waals surface area contributed by atoms with Gasteiger partial charge in [-0.1, -0.05) is 170 Å². The molecule has 0 radical (unpaired) electrons. The maximum absolute atomic E-state index is 5.43. The average molecular weight is 727 g/mol. The molecule has 0 unspecified atom stereocenters. The van der Waals surface area contributed by atoms with Crippen LogP contribution in [0.5, 0.6) is 0 Å². The van der Waals surface area contributed by atoms with E-state index in [-0.39, 0.29) is 0 Å². The Bertz CT molecular complexity index is 3190. The summed E-state index contributed by atoms with van der Waals surface area (Å²) >= 11 is 0. The molecule has 0 saturated carbocycles. The quantitative estimate of drug-likeness (QED) is 0.160. The Morgan fingerprint density at radius 2 is 0.860 bits per heavy atom. The molecule has 11 aromatic rings. The summed E-state index contributed by atoms with van der Waals surface area (Å²) < 4.78 is 2.39. The summed E-state index contributed by atoms with van der Waals surface area (Å²) in [5, 5.41) is 5.96. The van der Waals surface area contributed by atoms with Gasteiger partial charge in [0.05, 0.1) is 33.6 Å². The van der Waals surface area contributed by atoms with Crippen molar-refractivity contribution in [3.8, 4) is 62.0 Å². The third kappa shape index (κ3) is 5.66. The normalized spacial score (nSPS) is 11.5. The van der Waals surface area contributed by atoms with Crippen LogP contribution < -0.4 is 0 Å². The minimum Gasteiger partial charge on any atom is -0.309 e. The van der Waals surface area contributed by atoms with E-state index in [9.17, 15) is 0 Å². The summed E-state index contributed by atoms with van der Waals surface area (Å²) in [6.07, 6.45) is 0. The number of aromatic nitrogens is 4. The molecule has 0 N–H and O–H groups in total. The zero-order valence-electron chi connectivity index (χ0n) is 30.9. The van der Waals surface area contributed by atoms with Crippen LogP contribution >= 0.6 is 0 Å². The Balaban J connectivity index is 1.08. The monoisotopic (exact) mass is 726 g/mol. The van der Waals surface area contributed by atoms with Gasteiger partial charge in [0.1, 0.15) is 0 Å². The van der Waals surface area contributed by atoms with Crippen LogP contribution in [0.15, 0.2) is 206 Å². The number of pyridine rings is 1. The fourth-order valence-corrected chi connectivity index (χ4v) is 8.31. The molecule has 0 bridgehead atoms. The van der Waals surface area contributed by atoms with Crippen LogP contribution in [0, 0.1) is 0 Å². The molecule has 0 amide bonds. The summed E-state index contributed by atoms with van der Waals surface area (Å²) in [6, 6.07) is 72.5. The number of hydrogen-bond donors (Lipinski definition) is 0. The maximum atomic E-state index is 5.43. The van der Waals surface area contributed by atoms with Crippen molar-refractivity contribution in [1.29, 1.82) is 0 Å². The Morgan fingerprint density at radius 3 is 1.56 bits per heavy atom. The number of hydrogen-bond acceptors (Lipinski definition) is 3. The second kappa shape index (κ2) is 13.6. The third-order valence-corrected chi connectivity index (χ3v) is 11.0. The number of rotatable bonds is 6. The second-order valence-corrected chi connectivity index (χ2v) is 14.4. The minimum absolute atomic E-state index is 0.707. The smallest absolute Gasteiger partial charge is 0.160 e. The highest BCUT2D eigenvalue weighted by Crippen LogP contribution is 2.43. The molecule has 4 heteroatoms. The SMILES string of the molecule is c1ccc(-c2cc(-c3ccc(-c4ccc5c(c4)nc(-c4ccccc4)c4ccc6c(c7ccccc7n6-c6ccccc6)c45)cc3)nc(-c3ccccc3)n2)cc1. The molecular weight excluding hydrogens is 693 g/mol. The molecule has 3 heterocycles. The second-order valence-electron chi connectivity index (χ2n) is 14.4. The van der Waals surface area contributed by atoms with E-state index in [1.165, 1.54) is 27.2 Å². The third-order valence-electron chi connectivity index (χ3n) is 11.0. The zero-order chi connectivity index (χ0) is 37.7. The molecule has 0 atom stereocenters. The van der Waals surface area contributed by atoms with Crippen molar-refractivity contribution in [2.45, 2.75) is 0 Å². The van der Waals surface area contributed by atoms with Gasteiger partial charge in [-0.05, 0) is 47.5 Å². The van der Waals surface area contributed by atoms with E-state index in [0.29, 0.717) is 5.82 Å². The molecule has 4 nitrogen and oxygen atoms in total. The van der Waals surface area contributed by atoms with Gasteiger partial charge in [0.25, 0.3) is 0 Å². The minimum atomic E-state index is 0.707. The largest absolute Gasteiger partial charge is 0.309 e. The lowest BCUT2D eigenvalue weighted by Gasteiger charge is -2.14. The van der Waals surface area contributed by atoms with Gasteiger partial charge in [-0.2, -0.15) is 0 Å². The number of benzene rings is 8. The predicted molar refractivity (Wildman–Crippen MR) is 236 cm³/mol. The van der Waals surface area contributed by atoms with Gasteiger partial charge in [-0.3, -0.25) is 0 Å². The van der Waals surface area contributed by atoms with E-state index in [1.54, 1.807) is 0 Å². The van der Waals surface area contributed by atoms with Gasteiger partial charge in [0, 0.05) is 54.9 Å². The highest BCUT2D eigenvalue weighted by atomic mass is 15.0. The lowest BCUT2D eigenvalue weighted by molar-refractivity contribution is 1.18. The molecule has 0 aliphatic heterocycles. The van der Waals surface area contributed by atoms with Crippen molar-refractivity contribution in [1.82, 2.24) is 19.5 Å². The molecule has 11 rings (SSSR count). The Morgan fingerprint density at radius 1 is 0.316 bits per heavy atom. The Kier molecular flexibility index (Phi) is 7.78. The van der Waals surface area contributed by atoms with Crippen molar-refractivity contribution in [2.24, 2.45) is 0 Å². The highest BCUT2D eigenvalue weighted by Gasteiger charge is 2.20. The highest BCUT2D eigenvalue weighted by molar-refractivity contribution is 6.29. The lowest BCUT2D eigenvalue weighted by Crippen LogP contribution is -1.96. The summed E-state index contributed by atoms with van der Waals surface area (Å²) in [6.45, 7) is 0. The molecule has 0 fully saturated rings. The van der Waals surface area contributed by atoms with Crippen molar-refractivity contribution in [3.63, 3.8) is 0 Å². The zero-order valence-corrected chi connectivity index (χ0v) is 30.9. The van der Waals surface area contributed by atoms with Crippen molar-refractivity contribution < 1.29 is 0 Å². The van der Waals surface area contributed by atoms with Crippen LogP contribution in [-0.4, -0.2) is 19.5 Å². The van der Waals surface area contributed by atoms with Crippen LogP contribution in [0.1, 0.15) is 0 Å². The number of nitrogens with zero attached hydrogens (tertiary/aromatic N) is 4. The van der Waals surface area contributed by atoms with Crippen LogP contribution in [0.3, 0.4) is 0 Å². The van der Waals surface area contributed by atoms with Crippen LogP contribution in [0.25, 0.3) is 105 Å². The van der Waals surface area contributed by atoms with E-state index in [1.807, 2.05) is 36.4 Å². The van der Waals surface area contributed by atoms with Gasteiger partial charge in [-0.15, -0.1) is 0 Å². The lowest BCUT2D eigenvalue weighted by atomic mass is 9.94. The number of fused-ring (bicyclic) bond motifs is 7. The summed E-state index contributed by atoms with van der Waals surface area (Å²) in [5.41, 5.74) is 13.6. The predicted octanol–water partition coefficient (Wildman–Crippen LogP) is 13.6. The maximum Gasteiger partial charge on any atom is 0.160 e. The molecule has 3 aromatic heterocycles. The van der Waals surface area contributed by atoms with E-state index < -0.39 is 0 Å². The standard InChI is InChI=1S/C53H34N4/c1-5-15-36(16-6-1)45-34-46(56-53(55-45)39-19-9-3-10-20-39)37-27-25-35(26-28-37)40-29-30-42-47(33-40)54-52(38-17-7-2-8-18-38)44-31-32-49-51(50(42)44)43-23-13-14-24-48(43)57(49)41-21-11-4-12-22-41/h1-34H. The van der Waals surface area contributed by atoms with E-state index >= 15 is 0 Å². The molecule has 0 aliphatic carbocycles. The van der Waals surface area contributed by atoms with Crippen LogP contribution in [0.2, 0.25) is 0 Å². The van der Waals surface area contributed by atoms with E-state index in [0.717, 1.165) is 72.4 Å². The van der Waals surface area contributed by atoms with Gasteiger partial charge >= 0.3 is 0 Å². The number of para-hydroxylation sites is 2. The molecule has 0 spiro atoms. The topological polar surface area (TPSA) is 43.6 Å². The molecule has 266 valence electrons. The molecule has 0 saturated heterocycles. The van der Waals surface area contributed by atoms with Crippen LogP contribution in [-0.2, 0) is 0 Å². The summed E-state index contributed by atoms with van der Waals surface area (Å²) in [4.78, 5) is 15.5.